The first-order chi connectivity index (χ1) is 14.2. The van der Waals surface area contributed by atoms with Gasteiger partial charge in [0.2, 0.25) is 0 Å². The highest BCUT2D eigenvalue weighted by Gasteiger charge is 2.17. The van der Waals surface area contributed by atoms with Gasteiger partial charge in [-0.3, -0.25) is 4.79 Å². The number of ketones is 1. The van der Waals surface area contributed by atoms with E-state index >= 15 is 0 Å². The zero-order chi connectivity index (χ0) is 20.2. The van der Waals surface area contributed by atoms with E-state index in [0.717, 1.165) is 27.9 Å². The maximum Gasteiger partial charge on any atom is 0.184 e. The van der Waals surface area contributed by atoms with Gasteiger partial charge in [0.1, 0.15) is 11.6 Å². The minimum Gasteiger partial charge on any atom is -0.496 e. The van der Waals surface area contributed by atoms with Gasteiger partial charge < -0.3 is 15.8 Å². The minimum absolute atomic E-state index is 0.104. The predicted octanol–water partition coefficient (Wildman–Crippen LogP) is 4.87. The van der Waals surface area contributed by atoms with Crippen molar-refractivity contribution < 1.29 is 9.53 Å². The lowest BCUT2D eigenvalue weighted by Crippen LogP contribution is -2.21. The van der Waals surface area contributed by atoms with E-state index in [0.29, 0.717) is 11.4 Å². The van der Waals surface area contributed by atoms with Crippen molar-refractivity contribution in [1.29, 1.82) is 0 Å². The van der Waals surface area contributed by atoms with Gasteiger partial charge in [-0.15, -0.1) is 0 Å². The Bertz CT molecular complexity index is 1140. The summed E-state index contributed by atoms with van der Waals surface area (Å²) in [5, 5.41) is 4.24. The number of nitrogens with one attached hydrogen (secondary N) is 1. The summed E-state index contributed by atoms with van der Waals surface area (Å²) in [6.07, 6.45) is 0. The van der Waals surface area contributed by atoms with Crippen LogP contribution in [0.25, 0.3) is 10.9 Å². The Hall–Kier alpha value is -3.70. The average molecular weight is 383 g/mol. The van der Waals surface area contributed by atoms with Crippen molar-refractivity contribution in [2.45, 2.75) is 6.04 Å². The fraction of sp³-hybridized carbons (Fsp3) is 0.0833. The summed E-state index contributed by atoms with van der Waals surface area (Å²) in [5.41, 5.74) is 9.23. The number of methoxy groups -OCH3 is 1. The molecule has 1 atom stereocenters. The third-order valence-corrected chi connectivity index (χ3v) is 4.78. The number of Topliss-reactive ketones (excluding diaryl/α,β-unsaturated/α-hetero) is 1. The van der Waals surface area contributed by atoms with Crippen molar-refractivity contribution in [2.24, 2.45) is 5.73 Å². The Kier molecular flexibility index (Phi) is 5.22. The van der Waals surface area contributed by atoms with E-state index in [1.807, 2.05) is 72.8 Å². The monoisotopic (exact) mass is 383 g/mol. The largest absolute Gasteiger partial charge is 0.496 e. The summed E-state index contributed by atoms with van der Waals surface area (Å²) in [4.78, 5) is 17.2. The summed E-state index contributed by atoms with van der Waals surface area (Å²) >= 11 is 0. The smallest absolute Gasteiger partial charge is 0.184 e. The number of benzene rings is 3. The second kappa shape index (κ2) is 8.12. The summed E-state index contributed by atoms with van der Waals surface area (Å²) < 4.78 is 5.49. The van der Waals surface area contributed by atoms with Crippen LogP contribution in [0.4, 0.5) is 11.5 Å². The molecule has 0 bridgehead atoms. The molecule has 1 unspecified atom stereocenters. The van der Waals surface area contributed by atoms with E-state index in [2.05, 4.69) is 10.3 Å². The van der Waals surface area contributed by atoms with Crippen LogP contribution in [0.1, 0.15) is 22.0 Å². The van der Waals surface area contributed by atoms with Crippen LogP contribution in [0.5, 0.6) is 5.75 Å². The maximum atomic E-state index is 12.6. The second-order valence-corrected chi connectivity index (χ2v) is 6.68. The van der Waals surface area contributed by atoms with Gasteiger partial charge in [0.25, 0.3) is 0 Å². The highest BCUT2D eigenvalue weighted by atomic mass is 16.5. The van der Waals surface area contributed by atoms with E-state index in [1.165, 1.54) is 0 Å². The molecule has 4 aromatic rings. The lowest BCUT2D eigenvalue weighted by molar-refractivity contribution is 0.0961. The summed E-state index contributed by atoms with van der Waals surface area (Å²) in [6, 6.07) is 25.5. The number of ether oxygens (including phenoxy) is 1. The Balaban J connectivity index is 1.54. The number of carbonyl (C=O) groups is 1. The molecule has 4 rings (SSSR count). The van der Waals surface area contributed by atoms with E-state index in [1.54, 1.807) is 19.2 Å². The van der Waals surface area contributed by atoms with Crippen LogP contribution in [0.2, 0.25) is 0 Å². The molecule has 0 saturated carbocycles. The SMILES string of the molecule is COc1cc(Nc2ccc(C(N)C(=O)c3ccccc3)cc2)nc2ccccc12. The molecule has 0 aliphatic heterocycles. The molecule has 0 amide bonds. The fourth-order valence-corrected chi connectivity index (χ4v) is 3.23. The molecule has 5 heteroatoms. The van der Waals surface area contributed by atoms with Crippen molar-refractivity contribution >= 4 is 28.2 Å². The fourth-order valence-electron chi connectivity index (χ4n) is 3.23. The van der Waals surface area contributed by atoms with E-state index in [4.69, 9.17) is 10.5 Å². The predicted molar refractivity (Wildman–Crippen MR) is 116 cm³/mol. The first-order valence-corrected chi connectivity index (χ1v) is 9.31. The van der Waals surface area contributed by atoms with E-state index < -0.39 is 6.04 Å². The van der Waals surface area contributed by atoms with Gasteiger partial charge in [-0.1, -0.05) is 54.6 Å². The van der Waals surface area contributed by atoms with E-state index in [-0.39, 0.29) is 5.78 Å². The summed E-state index contributed by atoms with van der Waals surface area (Å²) in [6.45, 7) is 0. The van der Waals surface area contributed by atoms with Crippen LogP contribution in [-0.2, 0) is 0 Å². The molecule has 1 heterocycles. The van der Waals surface area contributed by atoms with Gasteiger partial charge in [0, 0.05) is 22.7 Å². The molecule has 0 radical (unpaired) electrons. The van der Waals surface area contributed by atoms with Crippen molar-refractivity contribution in [3.05, 3.63) is 96.1 Å². The van der Waals surface area contributed by atoms with Gasteiger partial charge in [0.15, 0.2) is 5.78 Å². The number of pyridine rings is 1. The molecule has 0 aliphatic carbocycles. The number of nitrogens with two attached hydrogens (primary N) is 1. The van der Waals surface area contributed by atoms with Crippen LogP contribution in [0, 0.1) is 0 Å². The summed E-state index contributed by atoms with van der Waals surface area (Å²) in [5.74, 6) is 1.33. The van der Waals surface area contributed by atoms with Crippen molar-refractivity contribution in [2.75, 3.05) is 12.4 Å². The number of aromatic nitrogens is 1. The average Bonchev–Trinajstić information content (AvgIpc) is 2.78. The van der Waals surface area contributed by atoms with Crippen LogP contribution < -0.4 is 15.8 Å². The lowest BCUT2D eigenvalue weighted by atomic mass is 9.98. The van der Waals surface area contributed by atoms with Crippen LogP contribution in [0.3, 0.4) is 0 Å². The topological polar surface area (TPSA) is 77.2 Å². The molecule has 1 aromatic heterocycles. The lowest BCUT2D eigenvalue weighted by Gasteiger charge is -2.13. The minimum atomic E-state index is -0.703. The van der Waals surface area contributed by atoms with Gasteiger partial charge >= 0.3 is 0 Å². The number of fused-ring (bicyclic) bond motifs is 1. The van der Waals surface area contributed by atoms with Gasteiger partial charge in [-0.25, -0.2) is 4.98 Å². The number of hydrogen-bond acceptors (Lipinski definition) is 5. The molecule has 5 nitrogen and oxygen atoms in total. The molecule has 0 aliphatic rings. The number of rotatable bonds is 6. The van der Waals surface area contributed by atoms with Gasteiger partial charge in [-0.05, 0) is 29.8 Å². The number of hydrogen-bond donors (Lipinski definition) is 2. The van der Waals surface area contributed by atoms with Gasteiger partial charge in [-0.2, -0.15) is 0 Å². The molecule has 3 N–H and O–H groups in total. The third-order valence-electron chi connectivity index (χ3n) is 4.78. The van der Waals surface area contributed by atoms with Crippen molar-refractivity contribution in [3.63, 3.8) is 0 Å². The standard InChI is InChI=1S/C24H21N3O2/c1-29-21-15-22(27-20-10-6-5-9-19(20)21)26-18-13-11-16(12-14-18)23(25)24(28)17-7-3-2-4-8-17/h2-15,23H,25H2,1H3,(H,26,27). The molecular formula is C24H21N3O2. The van der Waals surface area contributed by atoms with Crippen molar-refractivity contribution in [1.82, 2.24) is 4.98 Å². The molecular weight excluding hydrogens is 362 g/mol. The van der Waals surface area contributed by atoms with E-state index in [9.17, 15) is 4.79 Å². The second-order valence-electron chi connectivity index (χ2n) is 6.68. The highest BCUT2D eigenvalue weighted by Crippen LogP contribution is 2.29. The Morgan fingerprint density at radius 1 is 0.966 bits per heavy atom. The third kappa shape index (κ3) is 3.95. The maximum absolute atomic E-state index is 12.6. The van der Waals surface area contributed by atoms with Crippen LogP contribution in [0.15, 0.2) is 84.9 Å². The first kappa shape index (κ1) is 18.7. The Morgan fingerprint density at radius 3 is 2.38 bits per heavy atom. The number of nitrogens with zero attached hydrogens (tertiary/aromatic N) is 1. The zero-order valence-corrected chi connectivity index (χ0v) is 16.0. The normalized spacial score (nSPS) is 11.8. The van der Waals surface area contributed by atoms with Crippen LogP contribution >= 0.6 is 0 Å². The molecule has 0 fully saturated rings. The first-order valence-electron chi connectivity index (χ1n) is 9.31. The molecule has 0 spiro atoms. The van der Waals surface area contributed by atoms with Gasteiger partial charge in [0.05, 0.1) is 18.7 Å². The molecule has 0 saturated heterocycles. The Labute approximate surface area is 169 Å². The zero-order valence-electron chi connectivity index (χ0n) is 16.0. The molecule has 144 valence electrons. The number of anilines is 2. The number of para-hydroxylation sites is 1. The Morgan fingerprint density at radius 2 is 1.66 bits per heavy atom. The van der Waals surface area contributed by atoms with Crippen LogP contribution in [-0.4, -0.2) is 17.9 Å². The van der Waals surface area contributed by atoms with Crippen molar-refractivity contribution in [3.8, 4) is 5.75 Å². The molecule has 3 aromatic carbocycles. The number of carbonyl (C=O) groups excluding carboxylic acids is 1. The highest BCUT2D eigenvalue weighted by molar-refractivity contribution is 6.00. The quantitative estimate of drug-likeness (QED) is 0.465. The molecule has 29 heavy (non-hydrogen) atoms. The summed E-state index contributed by atoms with van der Waals surface area (Å²) in [7, 11) is 1.64.